The van der Waals surface area contributed by atoms with Crippen molar-refractivity contribution < 1.29 is 4.39 Å². The van der Waals surface area contributed by atoms with E-state index in [0.29, 0.717) is 12.8 Å². The Kier molecular flexibility index (Phi) is 3.59. The molecule has 2 rings (SSSR count). The van der Waals surface area contributed by atoms with E-state index in [1.54, 1.807) is 0 Å². The predicted octanol–water partition coefficient (Wildman–Crippen LogP) is 3.19. The van der Waals surface area contributed by atoms with E-state index in [-0.39, 0.29) is 0 Å². The minimum Gasteiger partial charge on any atom is -0.320 e. The van der Waals surface area contributed by atoms with Gasteiger partial charge in [0.25, 0.3) is 0 Å². The van der Waals surface area contributed by atoms with E-state index in [4.69, 9.17) is 0 Å². The molecule has 0 saturated heterocycles. The van der Waals surface area contributed by atoms with Crippen molar-refractivity contribution in [2.45, 2.75) is 37.8 Å². The molecule has 1 N–H and O–H groups in total. The number of halogens is 1. The van der Waals surface area contributed by atoms with Crippen molar-refractivity contribution in [3.63, 3.8) is 0 Å². The molecule has 0 spiro atoms. The SMILES string of the molecule is CNCCCc1cccc(C2(F)CCC2)c1. The summed E-state index contributed by atoms with van der Waals surface area (Å²) in [6.45, 7) is 1.02. The molecule has 88 valence electrons. The lowest BCUT2D eigenvalue weighted by atomic mass is 9.76. The molecule has 1 nitrogen and oxygen atoms in total. The van der Waals surface area contributed by atoms with Crippen LogP contribution < -0.4 is 5.32 Å². The van der Waals surface area contributed by atoms with Crippen LogP contribution >= 0.6 is 0 Å². The molecule has 1 aliphatic rings. The van der Waals surface area contributed by atoms with Crippen molar-refractivity contribution in [3.8, 4) is 0 Å². The Morgan fingerprint density at radius 2 is 2.19 bits per heavy atom. The maximum Gasteiger partial charge on any atom is 0.136 e. The Morgan fingerprint density at radius 1 is 1.38 bits per heavy atom. The van der Waals surface area contributed by atoms with Gasteiger partial charge < -0.3 is 5.32 Å². The van der Waals surface area contributed by atoms with E-state index in [9.17, 15) is 4.39 Å². The Balaban J connectivity index is 2.02. The number of alkyl halides is 1. The molecule has 0 radical (unpaired) electrons. The van der Waals surface area contributed by atoms with E-state index in [2.05, 4.69) is 17.4 Å². The number of aryl methyl sites for hydroxylation is 1. The van der Waals surface area contributed by atoms with Crippen LogP contribution in [0.2, 0.25) is 0 Å². The summed E-state index contributed by atoms with van der Waals surface area (Å²) in [5, 5.41) is 3.13. The van der Waals surface area contributed by atoms with Gasteiger partial charge >= 0.3 is 0 Å². The van der Waals surface area contributed by atoms with E-state index in [1.807, 2.05) is 19.2 Å². The maximum absolute atomic E-state index is 14.2. The van der Waals surface area contributed by atoms with E-state index in [0.717, 1.165) is 31.4 Å². The van der Waals surface area contributed by atoms with Gasteiger partial charge in [0.1, 0.15) is 5.67 Å². The van der Waals surface area contributed by atoms with Gasteiger partial charge in [0.15, 0.2) is 0 Å². The molecule has 1 saturated carbocycles. The van der Waals surface area contributed by atoms with Crippen LogP contribution in [0.3, 0.4) is 0 Å². The Bertz CT molecular complexity index is 344. The average Bonchev–Trinajstić information content (AvgIpc) is 2.27. The highest BCUT2D eigenvalue weighted by molar-refractivity contribution is 5.30. The second kappa shape index (κ2) is 4.96. The molecule has 0 atom stereocenters. The lowest BCUT2D eigenvalue weighted by Gasteiger charge is -2.34. The van der Waals surface area contributed by atoms with Crippen LogP contribution in [-0.2, 0) is 12.1 Å². The number of nitrogens with one attached hydrogen (secondary N) is 1. The van der Waals surface area contributed by atoms with E-state index in [1.165, 1.54) is 5.56 Å². The highest BCUT2D eigenvalue weighted by atomic mass is 19.1. The Morgan fingerprint density at radius 3 is 2.81 bits per heavy atom. The lowest BCUT2D eigenvalue weighted by molar-refractivity contribution is 0.0608. The molecule has 1 aliphatic carbocycles. The van der Waals surface area contributed by atoms with Crippen LogP contribution in [0.5, 0.6) is 0 Å². The third kappa shape index (κ3) is 2.43. The molecule has 1 aromatic carbocycles. The largest absolute Gasteiger partial charge is 0.320 e. The van der Waals surface area contributed by atoms with Crippen LogP contribution in [-0.4, -0.2) is 13.6 Å². The third-order valence-electron chi connectivity index (χ3n) is 3.48. The van der Waals surface area contributed by atoms with Crippen molar-refractivity contribution in [2.24, 2.45) is 0 Å². The van der Waals surface area contributed by atoms with Gasteiger partial charge in [-0.3, -0.25) is 0 Å². The number of hydrogen-bond acceptors (Lipinski definition) is 1. The number of rotatable bonds is 5. The fourth-order valence-corrected chi connectivity index (χ4v) is 2.25. The van der Waals surface area contributed by atoms with Gasteiger partial charge in [-0.1, -0.05) is 24.3 Å². The van der Waals surface area contributed by atoms with Crippen molar-refractivity contribution in [3.05, 3.63) is 35.4 Å². The molecule has 0 amide bonds. The van der Waals surface area contributed by atoms with Crippen molar-refractivity contribution in [2.75, 3.05) is 13.6 Å². The molecule has 0 aliphatic heterocycles. The minimum atomic E-state index is -1.01. The molecule has 0 unspecified atom stereocenters. The lowest BCUT2D eigenvalue weighted by Crippen LogP contribution is -2.28. The van der Waals surface area contributed by atoms with Crippen LogP contribution in [0.4, 0.5) is 4.39 Å². The van der Waals surface area contributed by atoms with Gasteiger partial charge in [0, 0.05) is 0 Å². The number of benzene rings is 1. The summed E-state index contributed by atoms with van der Waals surface area (Å²) in [6.07, 6.45) is 4.57. The van der Waals surface area contributed by atoms with Crippen LogP contribution in [0, 0.1) is 0 Å². The van der Waals surface area contributed by atoms with Gasteiger partial charge in [-0.15, -0.1) is 0 Å². The summed E-state index contributed by atoms with van der Waals surface area (Å²) in [5.41, 5.74) is 1.14. The Hall–Kier alpha value is -0.890. The van der Waals surface area contributed by atoms with Gasteiger partial charge in [0.2, 0.25) is 0 Å². The smallest absolute Gasteiger partial charge is 0.136 e. The topological polar surface area (TPSA) is 12.0 Å². The zero-order valence-electron chi connectivity index (χ0n) is 9.93. The molecule has 2 heteroatoms. The first-order valence-corrected chi connectivity index (χ1v) is 6.17. The van der Waals surface area contributed by atoms with Gasteiger partial charge in [-0.2, -0.15) is 0 Å². The fourth-order valence-electron chi connectivity index (χ4n) is 2.25. The van der Waals surface area contributed by atoms with Crippen LogP contribution in [0.25, 0.3) is 0 Å². The first kappa shape index (κ1) is 11.6. The summed E-state index contributed by atoms with van der Waals surface area (Å²) in [5.74, 6) is 0. The minimum absolute atomic E-state index is 0.701. The third-order valence-corrected chi connectivity index (χ3v) is 3.48. The monoisotopic (exact) mass is 221 g/mol. The van der Waals surface area contributed by atoms with E-state index >= 15 is 0 Å². The van der Waals surface area contributed by atoms with Gasteiger partial charge in [0.05, 0.1) is 0 Å². The molecule has 0 aromatic heterocycles. The molecule has 0 heterocycles. The first-order chi connectivity index (χ1) is 7.74. The zero-order valence-corrected chi connectivity index (χ0v) is 9.93. The Labute approximate surface area is 97.1 Å². The average molecular weight is 221 g/mol. The van der Waals surface area contributed by atoms with Crippen LogP contribution in [0.15, 0.2) is 24.3 Å². The second-order valence-electron chi connectivity index (χ2n) is 4.73. The second-order valence-corrected chi connectivity index (χ2v) is 4.73. The summed E-state index contributed by atoms with van der Waals surface area (Å²) in [7, 11) is 1.96. The summed E-state index contributed by atoms with van der Waals surface area (Å²) in [6, 6.07) is 8.07. The quantitative estimate of drug-likeness (QED) is 0.753. The molecular weight excluding hydrogens is 201 g/mol. The fraction of sp³-hybridized carbons (Fsp3) is 0.571. The van der Waals surface area contributed by atoms with Gasteiger partial charge in [-0.25, -0.2) is 4.39 Å². The molecule has 0 bridgehead atoms. The highest BCUT2D eigenvalue weighted by Gasteiger charge is 2.38. The maximum atomic E-state index is 14.2. The first-order valence-electron chi connectivity index (χ1n) is 6.17. The molecule has 1 fully saturated rings. The highest BCUT2D eigenvalue weighted by Crippen LogP contribution is 2.45. The summed E-state index contributed by atoms with van der Waals surface area (Å²) >= 11 is 0. The number of hydrogen-bond donors (Lipinski definition) is 1. The summed E-state index contributed by atoms with van der Waals surface area (Å²) < 4.78 is 14.2. The van der Waals surface area contributed by atoms with E-state index < -0.39 is 5.67 Å². The van der Waals surface area contributed by atoms with Crippen molar-refractivity contribution >= 4 is 0 Å². The molecular formula is C14H20FN. The standard InChI is InChI=1S/C14H20FN/c1-16-10-3-6-12-5-2-7-13(11-12)14(15)8-4-9-14/h2,5,7,11,16H,3-4,6,8-10H2,1H3. The van der Waals surface area contributed by atoms with Crippen molar-refractivity contribution in [1.82, 2.24) is 5.32 Å². The predicted molar refractivity (Wildman–Crippen MR) is 65.3 cm³/mol. The normalized spacial score (nSPS) is 18.1. The van der Waals surface area contributed by atoms with Crippen molar-refractivity contribution in [1.29, 1.82) is 0 Å². The van der Waals surface area contributed by atoms with Crippen LogP contribution in [0.1, 0.15) is 36.8 Å². The summed E-state index contributed by atoms with van der Waals surface area (Å²) in [4.78, 5) is 0. The molecule has 1 aromatic rings. The van der Waals surface area contributed by atoms with Gasteiger partial charge in [-0.05, 0) is 56.8 Å². The zero-order chi connectivity index (χ0) is 11.4. The molecule has 16 heavy (non-hydrogen) atoms.